The molecule has 1 aromatic heterocycles. The maximum absolute atomic E-state index is 12.0. The van der Waals surface area contributed by atoms with E-state index in [1.807, 2.05) is 0 Å². The number of hydrazone groups is 1. The normalized spacial score (nSPS) is 10.7. The van der Waals surface area contributed by atoms with Crippen LogP contribution in [0.15, 0.2) is 70.4 Å². The average Bonchev–Trinajstić information content (AvgIpc) is 2.73. The van der Waals surface area contributed by atoms with E-state index in [1.54, 1.807) is 42.5 Å². The SMILES string of the molecule is O=C(NN=Cc1ccc(OCc2cccc([N+](=O)[O-])c2)c(Br)c1)c1cccnc1Cl. The fourth-order valence-electron chi connectivity index (χ4n) is 2.42. The van der Waals surface area contributed by atoms with Gasteiger partial charge in [0.05, 0.1) is 21.2 Å². The zero-order valence-electron chi connectivity index (χ0n) is 15.3. The lowest BCUT2D eigenvalue weighted by molar-refractivity contribution is -0.384. The highest BCUT2D eigenvalue weighted by atomic mass is 79.9. The molecule has 2 aromatic carbocycles. The van der Waals surface area contributed by atoms with Gasteiger partial charge in [-0.2, -0.15) is 5.10 Å². The number of rotatable bonds is 7. The van der Waals surface area contributed by atoms with E-state index in [4.69, 9.17) is 16.3 Å². The number of carbonyl (C=O) groups is 1. The first-order valence-electron chi connectivity index (χ1n) is 8.53. The van der Waals surface area contributed by atoms with Gasteiger partial charge in [-0.1, -0.05) is 23.7 Å². The summed E-state index contributed by atoms with van der Waals surface area (Å²) in [6.45, 7) is 0.176. The number of hydrogen-bond acceptors (Lipinski definition) is 6. The Hall–Kier alpha value is -3.30. The lowest BCUT2D eigenvalue weighted by Crippen LogP contribution is -2.18. The minimum Gasteiger partial charge on any atom is -0.488 e. The highest BCUT2D eigenvalue weighted by molar-refractivity contribution is 9.10. The Morgan fingerprint density at radius 3 is 2.83 bits per heavy atom. The van der Waals surface area contributed by atoms with Crippen LogP contribution in [-0.4, -0.2) is 22.0 Å². The molecule has 0 bridgehead atoms. The molecule has 0 saturated heterocycles. The predicted octanol–water partition coefficient (Wildman–Crippen LogP) is 4.75. The lowest BCUT2D eigenvalue weighted by Gasteiger charge is -2.09. The van der Waals surface area contributed by atoms with Crippen LogP contribution < -0.4 is 10.2 Å². The molecule has 0 aliphatic rings. The van der Waals surface area contributed by atoms with Gasteiger partial charge in [0.25, 0.3) is 11.6 Å². The molecule has 1 N–H and O–H groups in total. The van der Waals surface area contributed by atoms with Crippen LogP contribution in [0, 0.1) is 10.1 Å². The second kappa shape index (κ2) is 9.95. The summed E-state index contributed by atoms with van der Waals surface area (Å²) in [6.07, 6.45) is 2.96. The first kappa shape index (κ1) is 21.4. The van der Waals surface area contributed by atoms with Gasteiger partial charge >= 0.3 is 0 Å². The molecule has 0 radical (unpaired) electrons. The molecule has 8 nitrogen and oxygen atoms in total. The molecule has 1 heterocycles. The predicted molar refractivity (Wildman–Crippen MR) is 116 cm³/mol. The molecule has 0 aliphatic carbocycles. The molecule has 0 unspecified atom stereocenters. The number of carbonyl (C=O) groups excluding carboxylic acids is 1. The Kier molecular flexibility index (Phi) is 7.10. The van der Waals surface area contributed by atoms with E-state index in [0.29, 0.717) is 21.3 Å². The van der Waals surface area contributed by atoms with Crippen molar-refractivity contribution in [2.24, 2.45) is 5.10 Å². The minimum absolute atomic E-state index is 0.0105. The average molecular weight is 490 g/mol. The maximum atomic E-state index is 12.0. The number of nitro benzene ring substituents is 1. The Labute approximate surface area is 184 Å². The number of amides is 1. The summed E-state index contributed by atoms with van der Waals surface area (Å²) in [4.78, 5) is 26.3. The molecule has 0 saturated carbocycles. The quantitative estimate of drug-likeness (QED) is 0.223. The van der Waals surface area contributed by atoms with Gasteiger partial charge in [-0.15, -0.1) is 0 Å². The van der Waals surface area contributed by atoms with E-state index >= 15 is 0 Å². The Morgan fingerprint density at radius 2 is 2.10 bits per heavy atom. The maximum Gasteiger partial charge on any atom is 0.274 e. The second-order valence-electron chi connectivity index (χ2n) is 5.95. The Morgan fingerprint density at radius 1 is 1.27 bits per heavy atom. The van der Waals surface area contributed by atoms with Crippen molar-refractivity contribution in [3.05, 3.63) is 97.2 Å². The smallest absolute Gasteiger partial charge is 0.274 e. The number of nitrogens with one attached hydrogen (secondary N) is 1. The zero-order valence-corrected chi connectivity index (χ0v) is 17.6. The van der Waals surface area contributed by atoms with Crippen LogP contribution >= 0.6 is 27.5 Å². The summed E-state index contributed by atoms with van der Waals surface area (Å²) in [5, 5.41) is 14.9. The van der Waals surface area contributed by atoms with Crippen molar-refractivity contribution in [2.75, 3.05) is 0 Å². The van der Waals surface area contributed by atoms with Gasteiger partial charge in [0.2, 0.25) is 0 Å². The number of hydrogen-bond donors (Lipinski definition) is 1. The van der Waals surface area contributed by atoms with Crippen molar-refractivity contribution in [1.82, 2.24) is 10.4 Å². The standard InChI is InChI=1S/C20H14BrClN4O4/c21-17-10-13(11-24-25-20(27)16-5-2-8-23-19(16)22)6-7-18(17)30-12-14-3-1-4-15(9-14)26(28)29/h1-11H,12H2,(H,25,27). The zero-order chi connectivity index (χ0) is 21.5. The highest BCUT2D eigenvalue weighted by Gasteiger charge is 2.10. The molecular formula is C20H14BrClN4O4. The third-order valence-electron chi connectivity index (χ3n) is 3.86. The fraction of sp³-hybridized carbons (Fsp3) is 0.0500. The van der Waals surface area contributed by atoms with E-state index in [0.717, 1.165) is 0 Å². The summed E-state index contributed by atoms with van der Waals surface area (Å²) < 4.78 is 6.39. The molecule has 30 heavy (non-hydrogen) atoms. The minimum atomic E-state index is -0.472. The van der Waals surface area contributed by atoms with Crippen LogP contribution in [0.2, 0.25) is 5.15 Å². The van der Waals surface area contributed by atoms with E-state index in [1.165, 1.54) is 24.5 Å². The third-order valence-corrected chi connectivity index (χ3v) is 4.78. The van der Waals surface area contributed by atoms with Crippen LogP contribution in [0.4, 0.5) is 5.69 Å². The topological polar surface area (TPSA) is 107 Å². The van der Waals surface area contributed by atoms with Gasteiger partial charge in [-0.3, -0.25) is 14.9 Å². The molecular weight excluding hydrogens is 476 g/mol. The number of pyridine rings is 1. The van der Waals surface area contributed by atoms with Crippen molar-refractivity contribution < 1.29 is 14.5 Å². The molecule has 0 fully saturated rings. The van der Waals surface area contributed by atoms with Crippen LogP contribution in [-0.2, 0) is 6.61 Å². The number of benzene rings is 2. The van der Waals surface area contributed by atoms with E-state index < -0.39 is 10.8 Å². The van der Waals surface area contributed by atoms with Crippen molar-refractivity contribution in [3.63, 3.8) is 0 Å². The summed E-state index contributed by atoms with van der Waals surface area (Å²) >= 11 is 9.29. The summed E-state index contributed by atoms with van der Waals surface area (Å²) in [6, 6.07) is 14.6. The number of nitro groups is 1. The molecule has 0 atom stereocenters. The van der Waals surface area contributed by atoms with Crippen LogP contribution in [0.3, 0.4) is 0 Å². The lowest BCUT2D eigenvalue weighted by atomic mass is 10.2. The van der Waals surface area contributed by atoms with Crippen LogP contribution in [0.1, 0.15) is 21.5 Å². The molecule has 3 aromatic rings. The largest absolute Gasteiger partial charge is 0.488 e. The van der Waals surface area contributed by atoms with Crippen LogP contribution in [0.25, 0.3) is 0 Å². The number of aromatic nitrogens is 1. The third kappa shape index (κ3) is 5.62. The van der Waals surface area contributed by atoms with Gasteiger partial charge < -0.3 is 4.74 Å². The van der Waals surface area contributed by atoms with Gasteiger partial charge in [0, 0.05) is 18.3 Å². The molecule has 0 spiro atoms. The van der Waals surface area contributed by atoms with Gasteiger partial charge in [0.15, 0.2) is 0 Å². The number of halogens is 2. The summed E-state index contributed by atoms with van der Waals surface area (Å²) in [5.41, 5.74) is 4.01. The first-order valence-corrected chi connectivity index (χ1v) is 9.71. The monoisotopic (exact) mass is 488 g/mol. The van der Waals surface area contributed by atoms with Gasteiger partial charge in [-0.05, 0) is 57.4 Å². The molecule has 3 rings (SSSR count). The highest BCUT2D eigenvalue weighted by Crippen LogP contribution is 2.27. The van der Waals surface area contributed by atoms with Crippen molar-refractivity contribution in [1.29, 1.82) is 0 Å². The first-order chi connectivity index (χ1) is 14.4. The van der Waals surface area contributed by atoms with Crippen molar-refractivity contribution >= 4 is 45.3 Å². The number of non-ortho nitro benzene ring substituents is 1. The Balaban J connectivity index is 1.60. The van der Waals surface area contributed by atoms with Crippen molar-refractivity contribution in [3.8, 4) is 5.75 Å². The van der Waals surface area contributed by atoms with Crippen LogP contribution in [0.5, 0.6) is 5.75 Å². The van der Waals surface area contributed by atoms with Gasteiger partial charge in [0.1, 0.15) is 17.5 Å². The summed E-state index contributed by atoms with van der Waals surface area (Å²) in [5.74, 6) is 0.0881. The van der Waals surface area contributed by atoms with E-state index in [-0.39, 0.29) is 23.0 Å². The molecule has 0 aliphatic heterocycles. The molecule has 1 amide bonds. The summed E-state index contributed by atoms with van der Waals surface area (Å²) in [7, 11) is 0. The number of nitrogens with zero attached hydrogens (tertiary/aromatic N) is 3. The van der Waals surface area contributed by atoms with E-state index in [2.05, 4.69) is 31.4 Å². The second-order valence-corrected chi connectivity index (χ2v) is 7.16. The fourth-order valence-corrected chi connectivity index (χ4v) is 3.13. The van der Waals surface area contributed by atoms with E-state index in [9.17, 15) is 14.9 Å². The molecule has 10 heteroatoms. The number of ether oxygens (including phenoxy) is 1. The Bertz CT molecular complexity index is 1120. The van der Waals surface area contributed by atoms with Gasteiger partial charge in [-0.25, -0.2) is 10.4 Å². The molecule has 152 valence electrons. The van der Waals surface area contributed by atoms with Crippen molar-refractivity contribution in [2.45, 2.75) is 6.61 Å².